The van der Waals surface area contributed by atoms with E-state index in [0.717, 1.165) is 24.0 Å². The molecule has 1 fully saturated rings. The van der Waals surface area contributed by atoms with Gasteiger partial charge in [0.05, 0.1) is 4.90 Å². The van der Waals surface area contributed by atoms with Gasteiger partial charge in [0, 0.05) is 30.7 Å². The molecular formula is C20H21ClN2O3S. The van der Waals surface area contributed by atoms with Crippen LogP contribution < -0.4 is 5.32 Å². The lowest BCUT2D eigenvalue weighted by atomic mass is 10.2. The zero-order valence-corrected chi connectivity index (χ0v) is 16.3. The van der Waals surface area contributed by atoms with Crippen LogP contribution in [0.1, 0.15) is 24.0 Å². The summed E-state index contributed by atoms with van der Waals surface area (Å²) < 4.78 is 26.5. The van der Waals surface area contributed by atoms with E-state index in [1.165, 1.54) is 10.4 Å². The van der Waals surface area contributed by atoms with Crippen LogP contribution in [0.3, 0.4) is 0 Å². The Balaban J connectivity index is 1.55. The number of sulfonamides is 1. The molecule has 0 spiro atoms. The van der Waals surface area contributed by atoms with Crippen LogP contribution in [-0.2, 0) is 21.4 Å². The van der Waals surface area contributed by atoms with Gasteiger partial charge in [-0.3, -0.25) is 4.79 Å². The Hall–Kier alpha value is -2.15. The van der Waals surface area contributed by atoms with E-state index >= 15 is 0 Å². The molecule has 3 rings (SSSR count). The van der Waals surface area contributed by atoms with E-state index < -0.39 is 10.0 Å². The number of carbonyl (C=O) groups excluding carboxylic acids is 1. The smallest absolute Gasteiger partial charge is 0.244 e. The summed E-state index contributed by atoms with van der Waals surface area (Å²) in [6.45, 7) is 1.49. The molecule has 0 bridgehead atoms. The van der Waals surface area contributed by atoms with Crippen molar-refractivity contribution in [2.75, 3.05) is 13.1 Å². The molecule has 1 aliphatic heterocycles. The van der Waals surface area contributed by atoms with Crippen molar-refractivity contribution in [3.05, 3.63) is 70.8 Å². The molecule has 2 aromatic rings. The van der Waals surface area contributed by atoms with Gasteiger partial charge >= 0.3 is 0 Å². The Labute approximate surface area is 164 Å². The standard InChI is InChI=1S/C20H21ClN2O3S/c21-18-8-3-16(4-9-18)7-12-20(24)22-15-17-5-10-19(11-6-17)27(25,26)23-13-1-2-14-23/h3-12H,1-2,13-15H2,(H,22,24)/b12-7+. The SMILES string of the molecule is O=C(/C=C/c1ccc(Cl)cc1)NCc1ccc(S(=O)(=O)N2CCCC2)cc1. The molecule has 1 saturated heterocycles. The van der Waals surface area contributed by atoms with Crippen molar-refractivity contribution in [1.29, 1.82) is 0 Å². The Kier molecular flexibility index (Phi) is 6.31. The zero-order valence-electron chi connectivity index (χ0n) is 14.8. The number of hydrogen-bond donors (Lipinski definition) is 1. The average Bonchev–Trinajstić information content (AvgIpc) is 3.22. The predicted octanol–water partition coefficient (Wildman–Crippen LogP) is 3.45. The number of nitrogens with one attached hydrogen (secondary N) is 1. The molecule has 1 aliphatic rings. The summed E-state index contributed by atoms with van der Waals surface area (Å²) in [6, 6.07) is 13.8. The Morgan fingerprint density at radius 3 is 2.30 bits per heavy atom. The highest BCUT2D eigenvalue weighted by atomic mass is 35.5. The predicted molar refractivity (Wildman–Crippen MR) is 107 cm³/mol. The molecule has 1 amide bonds. The van der Waals surface area contributed by atoms with Gasteiger partial charge in [-0.05, 0) is 54.3 Å². The van der Waals surface area contributed by atoms with Gasteiger partial charge in [-0.2, -0.15) is 4.31 Å². The molecule has 0 aliphatic carbocycles. The normalized spacial score (nSPS) is 15.3. The molecule has 7 heteroatoms. The highest BCUT2D eigenvalue weighted by Crippen LogP contribution is 2.21. The molecule has 0 aromatic heterocycles. The topological polar surface area (TPSA) is 66.5 Å². The van der Waals surface area contributed by atoms with Crippen LogP contribution in [0, 0.1) is 0 Å². The summed E-state index contributed by atoms with van der Waals surface area (Å²) in [5, 5.41) is 3.43. The van der Waals surface area contributed by atoms with Crippen molar-refractivity contribution in [3.63, 3.8) is 0 Å². The maximum atomic E-state index is 12.5. The maximum Gasteiger partial charge on any atom is 0.244 e. The van der Waals surface area contributed by atoms with Crippen LogP contribution >= 0.6 is 11.6 Å². The summed E-state index contributed by atoms with van der Waals surface area (Å²) in [5.41, 5.74) is 1.72. The molecule has 1 N–H and O–H groups in total. The third-order valence-corrected chi connectivity index (χ3v) is 6.55. The summed E-state index contributed by atoms with van der Waals surface area (Å²) in [7, 11) is -3.40. The largest absolute Gasteiger partial charge is 0.348 e. The third kappa shape index (κ3) is 5.19. The van der Waals surface area contributed by atoms with Gasteiger partial charge in [0.15, 0.2) is 0 Å². The van der Waals surface area contributed by atoms with Crippen molar-refractivity contribution in [2.45, 2.75) is 24.3 Å². The van der Waals surface area contributed by atoms with Crippen LogP contribution in [0.4, 0.5) is 0 Å². The van der Waals surface area contributed by atoms with Gasteiger partial charge < -0.3 is 5.32 Å². The number of halogens is 1. The monoisotopic (exact) mass is 404 g/mol. The van der Waals surface area contributed by atoms with Gasteiger partial charge in [-0.15, -0.1) is 0 Å². The maximum absolute atomic E-state index is 12.5. The molecule has 142 valence electrons. The lowest BCUT2D eigenvalue weighted by molar-refractivity contribution is -0.116. The fraction of sp³-hybridized carbons (Fsp3) is 0.250. The van der Waals surface area contributed by atoms with Crippen molar-refractivity contribution in [3.8, 4) is 0 Å². The number of benzene rings is 2. The third-order valence-electron chi connectivity index (χ3n) is 4.39. The van der Waals surface area contributed by atoms with Gasteiger partial charge in [-0.25, -0.2) is 8.42 Å². The number of hydrogen-bond acceptors (Lipinski definition) is 3. The first kappa shape index (κ1) is 19.6. The van der Waals surface area contributed by atoms with Crippen molar-refractivity contribution in [1.82, 2.24) is 9.62 Å². The van der Waals surface area contributed by atoms with E-state index in [1.807, 2.05) is 12.1 Å². The molecule has 0 radical (unpaired) electrons. The number of rotatable bonds is 6. The second-order valence-corrected chi connectivity index (χ2v) is 8.73. The van der Waals surface area contributed by atoms with Crippen molar-refractivity contribution >= 4 is 33.6 Å². The molecule has 0 unspecified atom stereocenters. The lowest BCUT2D eigenvalue weighted by Crippen LogP contribution is -2.27. The van der Waals surface area contributed by atoms with Crippen LogP contribution in [0.5, 0.6) is 0 Å². The minimum atomic E-state index is -3.40. The van der Waals surface area contributed by atoms with Crippen LogP contribution in [-0.4, -0.2) is 31.7 Å². The van der Waals surface area contributed by atoms with Crippen molar-refractivity contribution in [2.24, 2.45) is 0 Å². The molecule has 0 atom stereocenters. The molecule has 1 heterocycles. The fourth-order valence-corrected chi connectivity index (χ4v) is 4.49. The highest BCUT2D eigenvalue weighted by molar-refractivity contribution is 7.89. The van der Waals surface area contributed by atoms with E-state index in [9.17, 15) is 13.2 Å². The molecule has 5 nitrogen and oxygen atoms in total. The van der Waals surface area contributed by atoms with Crippen LogP contribution in [0.15, 0.2) is 59.5 Å². The molecule has 0 saturated carbocycles. The number of nitrogens with zero attached hydrogens (tertiary/aromatic N) is 1. The first-order valence-corrected chi connectivity index (χ1v) is 10.6. The minimum absolute atomic E-state index is 0.223. The van der Waals surface area contributed by atoms with E-state index in [0.29, 0.717) is 29.6 Å². The van der Waals surface area contributed by atoms with Gasteiger partial charge in [-0.1, -0.05) is 35.9 Å². The first-order chi connectivity index (χ1) is 12.9. The quantitative estimate of drug-likeness (QED) is 0.750. The first-order valence-electron chi connectivity index (χ1n) is 8.76. The Bertz CT molecular complexity index is 917. The Morgan fingerprint density at radius 2 is 1.67 bits per heavy atom. The van der Waals surface area contributed by atoms with Gasteiger partial charge in [0.1, 0.15) is 0 Å². The molecular weight excluding hydrogens is 384 g/mol. The van der Waals surface area contributed by atoms with Gasteiger partial charge in [0.25, 0.3) is 0 Å². The van der Waals surface area contributed by atoms with Crippen LogP contribution in [0.2, 0.25) is 5.02 Å². The van der Waals surface area contributed by atoms with E-state index in [-0.39, 0.29) is 5.91 Å². The lowest BCUT2D eigenvalue weighted by Gasteiger charge is -2.15. The number of carbonyl (C=O) groups is 1. The average molecular weight is 405 g/mol. The van der Waals surface area contributed by atoms with E-state index in [1.54, 1.807) is 42.5 Å². The second kappa shape index (κ2) is 8.69. The van der Waals surface area contributed by atoms with E-state index in [4.69, 9.17) is 11.6 Å². The molecule has 27 heavy (non-hydrogen) atoms. The van der Waals surface area contributed by atoms with E-state index in [2.05, 4.69) is 5.32 Å². The minimum Gasteiger partial charge on any atom is -0.348 e. The fourth-order valence-electron chi connectivity index (χ4n) is 2.85. The molecule has 2 aromatic carbocycles. The van der Waals surface area contributed by atoms with Crippen LogP contribution in [0.25, 0.3) is 6.08 Å². The summed E-state index contributed by atoms with van der Waals surface area (Å²) in [6.07, 6.45) is 4.98. The van der Waals surface area contributed by atoms with Gasteiger partial charge in [0.2, 0.25) is 15.9 Å². The highest BCUT2D eigenvalue weighted by Gasteiger charge is 2.26. The summed E-state index contributed by atoms with van der Waals surface area (Å²) >= 11 is 5.82. The zero-order chi connectivity index (χ0) is 19.3. The number of amides is 1. The Morgan fingerprint density at radius 1 is 1.04 bits per heavy atom. The summed E-state index contributed by atoms with van der Waals surface area (Å²) in [5.74, 6) is -0.223. The second-order valence-electron chi connectivity index (χ2n) is 6.36. The summed E-state index contributed by atoms with van der Waals surface area (Å²) in [4.78, 5) is 12.2. The van der Waals surface area contributed by atoms with Crippen molar-refractivity contribution < 1.29 is 13.2 Å².